The van der Waals surface area contributed by atoms with E-state index in [1.807, 2.05) is 55.5 Å². The number of hydrogen-bond acceptors (Lipinski definition) is 8. The Bertz CT molecular complexity index is 1700. The lowest BCUT2D eigenvalue weighted by Crippen LogP contribution is -2.25. The van der Waals surface area contributed by atoms with E-state index in [9.17, 15) is 18.5 Å². The zero-order chi connectivity index (χ0) is 29.6. The molecule has 0 fully saturated rings. The van der Waals surface area contributed by atoms with Gasteiger partial charge in [0, 0.05) is 22.4 Å². The third-order valence-corrected chi connectivity index (χ3v) is 8.51. The van der Waals surface area contributed by atoms with Gasteiger partial charge in [0.1, 0.15) is 11.1 Å². The van der Waals surface area contributed by atoms with E-state index < -0.39 is 15.3 Å². The van der Waals surface area contributed by atoms with Crippen LogP contribution in [-0.4, -0.2) is 38.8 Å². The summed E-state index contributed by atoms with van der Waals surface area (Å²) in [4.78, 5) is 18.1. The molecule has 0 radical (unpaired) electrons. The Balaban J connectivity index is 1.77. The summed E-state index contributed by atoms with van der Waals surface area (Å²) in [5.74, 6) is 0.665. The van der Waals surface area contributed by atoms with Crippen LogP contribution < -0.4 is 19.9 Å². The van der Waals surface area contributed by atoms with Crippen molar-refractivity contribution in [3.63, 3.8) is 0 Å². The number of nitrogens with one attached hydrogen (secondary N) is 1. The van der Waals surface area contributed by atoms with Crippen LogP contribution in [0.5, 0.6) is 11.5 Å². The van der Waals surface area contributed by atoms with Crippen LogP contribution in [-0.2, 0) is 14.8 Å². The lowest BCUT2D eigenvalue weighted by atomic mass is 9.98. The molecule has 0 aliphatic heterocycles. The lowest BCUT2D eigenvalue weighted by molar-refractivity contribution is -0.115. The van der Waals surface area contributed by atoms with E-state index >= 15 is 0 Å². The van der Waals surface area contributed by atoms with Crippen LogP contribution in [0, 0.1) is 11.3 Å². The monoisotopic (exact) mass is 588 g/mol. The first-order chi connectivity index (χ1) is 19.7. The number of sulfonamides is 1. The second kappa shape index (κ2) is 12.9. The molecule has 3 N–H and O–H groups in total. The molecule has 1 unspecified atom stereocenters. The first-order valence-corrected chi connectivity index (χ1v) is 14.9. The summed E-state index contributed by atoms with van der Waals surface area (Å²) < 4.78 is 34.3. The van der Waals surface area contributed by atoms with Crippen molar-refractivity contribution in [1.82, 2.24) is 4.98 Å². The van der Waals surface area contributed by atoms with Crippen molar-refractivity contribution in [1.29, 1.82) is 5.26 Å². The maximum absolute atomic E-state index is 13.3. The third kappa shape index (κ3) is 6.69. The van der Waals surface area contributed by atoms with Crippen LogP contribution >= 0.6 is 11.8 Å². The van der Waals surface area contributed by atoms with Crippen LogP contribution in [0.4, 0.5) is 5.69 Å². The van der Waals surface area contributed by atoms with Crippen molar-refractivity contribution in [2.75, 3.05) is 19.5 Å². The largest absolute Gasteiger partial charge is 0.493 e. The summed E-state index contributed by atoms with van der Waals surface area (Å²) in [7, 11) is -0.772. The molecule has 11 heteroatoms. The number of nitrogens with zero attached hydrogens (tertiary/aromatic N) is 2. The third-order valence-electron chi connectivity index (χ3n) is 6.23. The number of thioether (sulfide) groups is 1. The standard InChI is InChI=1S/C30H28N4O5S2/c1-4-27(29(35)33-20-13-15-21(16-14-20)41(32,36)37)40-30-24(18-31)23(17-25(34-30)19-9-6-5-7-10-19)22-11-8-12-26(38-2)28(22)39-3/h5-17,27H,4H2,1-3H3,(H,33,35)(H2,32,36,37). The van der Waals surface area contributed by atoms with Crippen LogP contribution in [0.1, 0.15) is 18.9 Å². The molecule has 3 aromatic carbocycles. The van der Waals surface area contributed by atoms with Crippen LogP contribution in [0.3, 0.4) is 0 Å². The average molecular weight is 589 g/mol. The minimum Gasteiger partial charge on any atom is -0.493 e. The fraction of sp³-hybridized carbons (Fsp3) is 0.167. The number of methoxy groups -OCH3 is 2. The molecular formula is C30H28N4O5S2. The van der Waals surface area contributed by atoms with E-state index in [4.69, 9.17) is 19.6 Å². The number of carbonyl (C=O) groups is 1. The van der Waals surface area contributed by atoms with Gasteiger partial charge in [-0.05, 0) is 42.8 Å². The Morgan fingerprint density at radius 1 is 1.02 bits per heavy atom. The molecular weight excluding hydrogens is 560 g/mol. The molecule has 1 atom stereocenters. The predicted octanol–water partition coefficient (Wildman–Crippen LogP) is 5.46. The van der Waals surface area contributed by atoms with Crippen molar-refractivity contribution >= 4 is 33.4 Å². The van der Waals surface area contributed by atoms with E-state index in [1.165, 1.54) is 43.1 Å². The molecule has 210 valence electrons. The molecule has 0 saturated heterocycles. The molecule has 0 saturated carbocycles. The highest BCUT2D eigenvalue weighted by atomic mass is 32.2. The van der Waals surface area contributed by atoms with Crippen LogP contribution in [0.2, 0.25) is 0 Å². The van der Waals surface area contributed by atoms with E-state index in [1.54, 1.807) is 13.2 Å². The zero-order valence-corrected chi connectivity index (χ0v) is 24.3. The molecule has 1 heterocycles. The Morgan fingerprint density at radius 2 is 1.73 bits per heavy atom. The topological polar surface area (TPSA) is 144 Å². The highest BCUT2D eigenvalue weighted by Gasteiger charge is 2.25. The van der Waals surface area contributed by atoms with Crippen molar-refractivity contribution in [3.8, 4) is 40.0 Å². The number of primary sulfonamides is 1. The molecule has 1 aromatic heterocycles. The van der Waals surface area contributed by atoms with E-state index in [2.05, 4.69) is 11.4 Å². The first-order valence-electron chi connectivity index (χ1n) is 12.5. The number of carbonyl (C=O) groups excluding carboxylic acids is 1. The Labute approximate surface area is 243 Å². The van der Waals surface area contributed by atoms with Gasteiger partial charge in [-0.25, -0.2) is 18.5 Å². The number of pyridine rings is 1. The maximum Gasteiger partial charge on any atom is 0.238 e. The van der Waals surface area contributed by atoms with Gasteiger partial charge < -0.3 is 14.8 Å². The van der Waals surface area contributed by atoms with Gasteiger partial charge in [0.05, 0.1) is 35.6 Å². The average Bonchev–Trinajstić information content (AvgIpc) is 2.99. The summed E-state index contributed by atoms with van der Waals surface area (Å²) in [6, 6.07) is 24.7. The van der Waals surface area contributed by atoms with Gasteiger partial charge in [0.15, 0.2) is 11.5 Å². The number of rotatable bonds is 10. The molecule has 0 spiro atoms. The summed E-state index contributed by atoms with van der Waals surface area (Å²) in [5.41, 5.74) is 3.42. The van der Waals surface area contributed by atoms with Crippen molar-refractivity contribution in [3.05, 3.63) is 84.4 Å². The number of hydrogen-bond donors (Lipinski definition) is 2. The predicted molar refractivity (Wildman–Crippen MR) is 159 cm³/mol. The summed E-state index contributed by atoms with van der Waals surface area (Å²) in [5, 5.41) is 18.1. The SMILES string of the molecule is CCC(Sc1nc(-c2ccccc2)cc(-c2cccc(OC)c2OC)c1C#N)C(=O)Nc1ccc(S(N)(=O)=O)cc1. The summed E-state index contributed by atoms with van der Waals surface area (Å²) in [6.45, 7) is 1.86. The molecule has 9 nitrogen and oxygen atoms in total. The Hall–Kier alpha value is -4.37. The zero-order valence-electron chi connectivity index (χ0n) is 22.6. The molecule has 41 heavy (non-hydrogen) atoms. The van der Waals surface area contributed by atoms with Gasteiger partial charge in [0.2, 0.25) is 15.9 Å². The maximum atomic E-state index is 13.3. The number of nitriles is 1. The molecule has 4 rings (SSSR count). The van der Waals surface area contributed by atoms with E-state index in [-0.39, 0.29) is 10.8 Å². The molecule has 1 amide bonds. The number of anilines is 1. The van der Waals surface area contributed by atoms with Crippen LogP contribution in [0.25, 0.3) is 22.4 Å². The van der Waals surface area contributed by atoms with E-state index in [0.29, 0.717) is 51.0 Å². The smallest absolute Gasteiger partial charge is 0.238 e. The van der Waals surface area contributed by atoms with Crippen molar-refractivity contribution in [2.45, 2.75) is 28.5 Å². The minimum atomic E-state index is -3.85. The van der Waals surface area contributed by atoms with Crippen molar-refractivity contribution in [2.24, 2.45) is 5.14 Å². The number of nitrogens with two attached hydrogens (primary N) is 1. The fourth-order valence-corrected chi connectivity index (χ4v) is 5.73. The number of benzene rings is 3. The highest BCUT2D eigenvalue weighted by molar-refractivity contribution is 8.00. The fourth-order valence-electron chi connectivity index (χ4n) is 4.19. The Morgan fingerprint density at radius 3 is 2.32 bits per heavy atom. The quantitative estimate of drug-likeness (QED) is 0.232. The van der Waals surface area contributed by atoms with Crippen LogP contribution in [0.15, 0.2) is 88.8 Å². The highest BCUT2D eigenvalue weighted by Crippen LogP contribution is 2.43. The normalized spacial score (nSPS) is 11.8. The number of amides is 1. The second-order valence-corrected chi connectivity index (χ2v) is 11.6. The van der Waals surface area contributed by atoms with Gasteiger partial charge in [0.25, 0.3) is 0 Å². The number of aromatic nitrogens is 1. The number of ether oxygens (including phenoxy) is 2. The summed E-state index contributed by atoms with van der Waals surface area (Å²) >= 11 is 1.18. The second-order valence-electron chi connectivity index (χ2n) is 8.83. The van der Waals surface area contributed by atoms with E-state index in [0.717, 1.165) is 5.56 Å². The molecule has 4 aromatic rings. The minimum absolute atomic E-state index is 0.0574. The van der Waals surface area contributed by atoms with Crippen molar-refractivity contribution < 1.29 is 22.7 Å². The van der Waals surface area contributed by atoms with Gasteiger partial charge in [-0.3, -0.25) is 4.79 Å². The van der Waals surface area contributed by atoms with Gasteiger partial charge in [-0.2, -0.15) is 5.26 Å². The molecule has 0 bridgehead atoms. The summed E-state index contributed by atoms with van der Waals surface area (Å²) in [6.07, 6.45) is 0.436. The first kappa shape index (κ1) is 29.6. The Kier molecular flexibility index (Phi) is 9.29. The van der Waals surface area contributed by atoms with Gasteiger partial charge in [-0.15, -0.1) is 0 Å². The molecule has 0 aliphatic carbocycles. The van der Waals surface area contributed by atoms with Gasteiger partial charge >= 0.3 is 0 Å². The molecule has 0 aliphatic rings. The van der Waals surface area contributed by atoms with Gasteiger partial charge in [-0.1, -0.05) is 61.2 Å². The lowest BCUT2D eigenvalue weighted by Gasteiger charge is -2.19. The number of para-hydroxylation sites is 1.